The van der Waals surface area contributed by atoms with Gasteiger partial charge in [0, 0.05) is 0 Å². The van der Waals surface area contributed by atoms with Gasteiger partial charge in [-0.3, -0.25) is 4.79 Å². The van der Waals surface area contributed by atoms with E-state index in [2.05, 4.69) is 13.8 Å². The van der Waals surface area contributed by atoms with Gasteiger partial charge in [0.15, 0.2) is 0 Å². The molecule has 0 bridgehead atoms. The van der Waals surface area contributed by atoms with Crippen LogP contribution >= 0.6 is 0 Å². The third kappa shape index (κ3) is 3.21. The van der Waals surface area contributed by atoms with Crippen LogP contribution in [0.2, 0.25) is 0 Å². The molecule has 0 unspecified atom stereocenters. The van der Waals surface area contributed by atoms with E-state index < -0.39 is 0 Å². The number of rotatable bonds is 5. The molecule has 0 saturated heterocycles. The molecule has 1 aromatic rings. The molecule has 0 amide bonds. The standard InChI is InChI=1S/C12H15O2/c1-10(2)7-8-14-12-6-4-3-5-11(12)9-13/h3-6,10H,7-8H2,1-2H3. The van der Waals surface area contributed by atoms with Crippen LogP contribution in [0.1, 0.15) is 25.8 Å². The monoisotopic (exact) mass is 191 g/mol. The summed E-state index contributed by atoms with van der Waals surface area (Å²) < 4.78 is 5.48. The zero-order chi connectivity index (χ0) is 10.4. The molecule has 0 N–H and O–H groups in total. The van der Waals surface area contributed by atoms with Crippen LogP contribution in [0.15, 0.2) is 24.3 Å². The summed E-state index contributed by atoms with van der Waals surface area (Å²) in [5.41, 5.74) is 0.497. The molecule has 2 nitrogen and oxygen atoms in total. The SMILES string of the molecule is CC(C)CCOc1ccccc1[C]=O. The Kier molecular flexibility index (Phi) is 4.17. The zero-order valence-electron chi connectivity index (χ0n) is 8.62. The molecule has 1 aromatic carbocycles. The number of hydrogen-bond acceptors (Lipinski definition) is 2. The van der Waals surface area contributed by atoms with Crippen LogP contribution in [0.3, 0.4) is 0 Å². The maximum absolute atomic E-state index is 10.5. The van der Waals surface area contributed by atoms with Gasteiger partial charge in [0.1, 0.15) is 5.75 Å². The van der Waals surface area contributed by atoms with Gasteiger partial charge in [-0.05, 0) is 24.5 Å². The van der Waals surface area contributed by atoms with Crippen LogP contribution in [0.25, 0.3) is 0 Å². The lowest BCUT2D eigenvalue weighted by Gasteiger charge is -2.08. The maximum atomic E-state index is 10.5. The smallest absolute Gasteiger partial charge is 0.237 e. The molecule has 0 aliphatic carbocycles. The van der Waals surface area contributed by atoms with E-state index in [4.69, 9.17) is 4.74 Å². The largest absolute Gasteiger partial charge is 0.493 e. The molecule has 0 atom stereocenters. The summed E-state index contributed by atoms with van der Waals surface area (Å²) in [7, 11) is 0. The summed E-state index contributed by atoms with van der Waals surface area (Å²) in [6.07, 6.45) is 2.85. The number of benzene rings is 1. The third-order valence-corrected chi connectivity index (χ3v) is 1.95. The van der Waals surface area contributed by atoms with Gasteiger partial charge in [-0.2, -0.15) is 0 Å². The fourth-order valence-corrected chi connectivity index (χ4v) is 1.08. The summed E-state index contributed by atoms with van der Waals surface area (Å²) in [6.45, 7) is 4.93. The van der Waals surface area contributed by atoms with E-state index in [0.717, 1.165) is 6.42 Å². The number of para-hydroxylation sites is 1. The van der Waals surface area contributed by atoms with Crippen molar-refractivity contribution in [1.29, 1.82) is 0 Å². The molecule has 0 saturated carbocycles. The molecule has 0 spiro atoms. The predicted octanol–water partition coefficient (Wildman–Crippen LogP) is 2.57. The minimum absolute atomic E-state index is 0.497. The van der Waals surface area contributed by atoms with Gasteiger partial charge in [0.05, 0.1) is 12.2 Å². The molecule has 0 heterocycles. The van der Waals surface area contributed by atoms with E-state index in [1.165, 1.54) is 0 Å². The molecule has 2 heteroatoms. The van der Waals surface area contributed by atoms with Crippen molar-refractivity contribution >= 4 is 6.29 Å². The van der Waals surface area contributed by atoms with Crippen molar-refractivity contribution in [2.24, 2.45) is 5.92 Å². The number of ether oxygens (including phenoxy) is 1. The van der Waals surface area contributed by atoms with Crippen molar-refractivity contribution < 1.29 is 9.53 Å². The average molecular weight is 191 g/mol. The highest BCUT2D eigenvalue weighted by Gasteiger charge is 2.02. The first-order valence-corrected chi connectivity index (χ1v) is 4.84. The molecule has 0 aromatic heterocycles. The van der Waals surface area contributed by atoms with Gasteiger partial charge in [-0.25, -0.2) is 0 Å². The average Bonchev–Trinajstić information content (AvgIpc) is 2.18. The van der Waals surface area contributed by atoms with Crippen LogP contribution in [0.5, 0.6) is 5.75 Å². The van der Waals surface area contributed by atoms with Gasteiger partial charge in [0.2, 0.25) is 6.29 Å². The fourth-order valence-electron chi connectivity index (χ4n) is 1.08. The Morgan fingerprint density at radius 3 is 2.71 bits per heavy atom. The van der Waals surface area contributed by atoms with Crippen LogP contribution in [0, 0.1) is 5.92 Å². The molecule has 75 valence electrons. The molecule has 0 fully saturated rings. The van der Waals surface area contributed by atoms with E-state index in [-0.39, 0.29) is 0 Å². The summed E-state index contributed by atoms with van der Waals surface area (Å²) >= 11 is 0. The van der Waals surface area contributed by atoms with Gasteiger partial charge >= 0.3 is 0 Å². The molecular formula is C12H15O2. The highest BCUT2D eigenvalue weighted by Crippen LogP contribution is 2.16. The van der Waals surface area contributed by atoms with Crippen molar-refractivity contribution in [2.45, 2.75) is 20.3 Å². The zero-order valence-corrected chi connectivity index (χ0v) is 8.62. The quantitative estimate of drug-likeness (QED) is 0.715. The summed E-state index contributed by atoms with van der Waals surface area (Å²) in [5, 5.41) is 0. The molecule has 1 rings (SSSR count). The minimum Gasteiger partial charge on any atom is -0.493 e. The summed E-state index contributed by atoms with van der Waals surface area (Å²) in [6, 6.07) is 7.15. The van der Waals surface area contributed by atoms with Crippen molar-refractivity contribution in [3.05, 3.63) is 29.8 Å². The minimum atomic E-state index is 0.497. The second-order valence-electron chi connectivity index (χ2n) is 3.63. The first-order valence-electron chi connectivity index (χ1n) is 4.84. The van der Waals surface area contributed by atoms with Gasteiger partial charge in [-0.1, -0.05) is 26.0 Å². The van der Waals surface area contributed by atoms with Crippen molar-refractivity contribution in [1.82, 2.24) is 0 Å². The first-order chi connectivity index (χ1) is 6.74. The van der Waals surface area contributed by atoms with Crippen molar-refractivity contribution in [3.63, 3.8) is 0 Å². The van der Waals surface area contributed by atoms with Gasteiger partial charge in [-0.15, -0.1) is 0 Å². The van der Waals surface area contributed by atoms with E-state index >= 15 is 0 Å². The van der Waals surface area contributed by atoms with E-state index in [1.54, 1.807) is 18.2 Å². The van der Waals surface area contributed by atoms with Crippen LogP contribution in [0.4, 0.5) is 0 Å². The molecular weight excluding hydrogens is 176 g/mol. The van der Waals surface area contributed by atoms with Crippen LogP contribution in [-0.2, 0) is 4.79 Å². The fraction of sp³-hybridized carbons (Fsp3) is 0.417. The van der Waals surface area contributed by atoms with Gasteiger partial charge < -0.3 is 4.74 Å². The Bertz CT molecular complexity index is 292. The molecule has 0 aliphatic rings. The second kappa shape index (κ2) is 5.43. The Labute approximate surface area is 84.9 Å². The highest BCUT2D eigenvalue weighted by atomic mass is 16.5. The predicted molar refractivity (Wildman–Crippen MR) is 56.2 cm³/mol. The van der Waals surface area contributed by atoms with Crippen LogP contribution < -0.4 is 4.74 Å². The summed E-state index contributed by atoms with van der Waals surface area (Å²) in [5.74, 6) is 1.24. The topological polar surface area (TPSA) is 26.3 Å². The Morgan fingerprint density at radius 2 is 2.07 bits per heavy atom. The second-order valence-corrected chi connectivity index (χ2v) is 3.63. The Balaban J connectivity index is 2.53. The van der Waals surface area contributed by atoms with E-state index in [0.29, 0.717) is 23.8 Å². The highest BCUT2D eigenvalue weighted by molar-refractivity contribution is 5.79. The lowest BCUT2D eigenvalue weighted by molar-refractivity contribution is 0.289. The molecule has 0 aliphatic heterocycles. The molecule has 1 radical (unpaired) electrons. The first kappa shape index (κ1) is 10.8. The Hall–Kier alpha value is -1.31. The Morgan fingerprint density at radius 1 is 1.36 bits per heavy atom. The van der Waals surface area contributed by atoms with Gasteiger partial charge in [0.25, 0.3) is 0 Å². The molecule has 14 heavy (non-hydrogen) atoms. The number of hydrogen-bond donors (Lipinski definition) is 0. The van der Waals surface area contributed by atoms with E-state index in [9.17, 15) is 4.79 Å². The van der Waals surface area contributed by atoms with Crippen molar-refractivity contribution in [2.75, 3.05) is 6.61 Å². The lowest BCUT2D eigenvalue weighted by atomic mass is 10.1. The van der Waals surface area contributed by atoms with E-state index in [1.807, 2.05) is 12.4 Å². The normalized spacial score (nSPS) is 10.2. The summed E-state index contributed by atoms with van der Waals surface area (Å²) in [4.78, 5) is 10.5. The van der Waals surface area contributed by atoms with Crippen molar-refractivity contribution in [3.8, 4) is 5.75 Å². The third-order valence-electron chi connectivity index (χ3n) is 1.95. The maximum Gasteiger partial charge on any atom is 0.237 e. The number of carbonyl (C=O) groups excluding carboxylic acids is 1. The lowest BCUT2D eigenvalue weighted by Crippen LogP contribution is -2.02. The van der Waals surface area contributed by atoms with Crippen LogP contribution in [-0.4, -0.2) is 12.9 Å².